The lowest BCUT2D eigenvalue weighted by Crippen LogP contribution is -2.02. The maximum Gasteiger partial charge on any atom is 0.0923 e. The Bertz CT molecular complexity index is 303. The molecule has 16 heavy (non-hydrogen) atoms. The SMILES string of the molecule is NCCc1c[nH]cn1.NCCc1c[nH]cn1. The molecular formula is C10H18N6. The van der Waals surface area contributed by atoms with Crippen LogP contribution >= 0.6 is 0 Å². The van der Waals surface area contributed by atoms with Crippen LogP contribution in [0.15, 0.2) is 25.0 Å². The Kier molecular flexibility index (Phi) is 5.90. The van der Waals surface area contributed by atoms with Crippen molar-refractivity contribution < 1.29 is 0 Å². The van der Waals surface area contributed by atoms with E-state index in [0.29, 0.717) is 13.1 Å². The summed E-state index contributed by atoms with van der Waals surface area (Å²) < 4.78 is 0. The molecule has 0 aromatic carbocycles. The highest BCUT2D eigenvalue weighted by Gasteiger charge is 1.88. The number of hydrogen-bond donors (Lipinski definition) is 4. The van der Waals surface area contributed by atoms with Gasteiger partial charge in [-0.3, -0.25) is 0 Å². The van der Waals surface area contributed by atoms with Crippen molar-refractivity contribution in [2.24, 2.45) is 11.5 Å². The van der Waals surface area contributed by atoms with E-state index in [4.69, 9.17) is 11.5 Å². The maximum absolute atomic E-state index is 5.27. The highest BCUT2D eigenvalue weighted by molar-refractivity contribution is 4.94. The van der Waals surface area contributed by atoms with Gasteiger partial charge in [-0.2, -0.15) is 0 Å². The van der Waals surface area contributed by atoms with E-state index in [2.05, 4.69) is 19.9 Å². The second kappa shape index (κ2) is 7.61. The number of nitrogens with one attached hydrogen (secondary N) is 2. The van der Waals surface area contributed by atoms with Crippen LogP contribution in [-0.2, 0) is 12.8 Å². The lowest BCUT2D eigenvalue weighted by molar-refractivity contribution is 0.935. The molecule has 0 aliphatic carbocycles. The lowest BCUT2D eigenvalue weighted by Gasteiger charge is -1.85. The van der Waals surface area contributed by atoms with Crippen LogP contribution in [0.3, 0.4) is 0 Å². The van der Waals surface area contributed by atoms with Gasteiger partial charge in [0.25, 0.3) is 0 Å². The Morgan fingerprint density at radius 3 is 1.56 bits per heavy atom. The molecule has 0 radical (unpaired) electrons. The molecule has 0 fully saturated rings. The number of hydrogen-bond acceptors (Lipinski definition) is 4. The number of aromatic amines is 2. The van der Waals surface area contributed by atoms with Gasteiger partial charge in [-0.05, 0) is 13.1 Å². The molecule has 0 saturated carbocycles. The van der Waals surface area contributed by atoms with E-state index < -0.39 is 0 Å². The second-order valence-corrected chi connectivity index (χ2v) is 3.20. The van der Waals surface area contributed by atoms with E-state index >= 15 is 0 Å². The van der Waals surface area contributed by atoms with Gasteiger partial charge in [-0.25, -0.2) is 9.97 Å². The molecular weight excluding hydrogens is 204 g/mol. The number of nitrogens with two attached hydrogens (primary N) is 2. The Morgan fingerprint density at radius 1 is 0.875 bits per heavy atom. The zero-order valence-electron chi connectivity index (χ0n) is 9.19. The average Bonchev–Trinajstić information content (AvgIpc) is 2.92. The van der Waals surface area contributed by atoms with E-state index in [9.17, 15) is 0 Å². The summed E-state index contributed by atoms with van der Waals surface area (Å²) in [5.74, 6) is 0. The Morgan fingerprint density at radius 2 is 1.31 bits per heavy atom. The zero-order chi connectivity index (χ0) is 11.6. The lowest BCUT2D eigenvalue weighted by atomic mass is 10.3. The van der Waals surface area contributed by atoms with Crippen LogP contribution in [0.2, 0.25) is 0 Å². The minimum absolute atomic E-state index is 0.671. The van der Waals surface area contributed by atoms with E-state index in [-0.39, 0.29) is 0 Å². The minimum Gasteiger partial charge on any atom is -0.351 e. The first-order chi connectivity index (χ1) is 7.86. The van der Waals surface area contributed by atoms with Crippen LogP contribution in [-0.4, -0.2) is 33.0 Å². The fraction of sp³-hybridized carbons (Fsp3) is 0.400. The summed E-state index contributed by atoms with van der Waals surface area (Å²) >= 11 is 0. The predicted octanol–water partition coefficient (Wildman–Crippen LogP) is -0.178. The maximum atomic E-state index is 5.27. The fourth-order valence-corrected chi connectivity index (χ4v) is 1.15. The van der Waals surface area contributed by atoms with Crippen molar-refractivity contribution in [3.63, 3.8) is 0 Å². The fourth-order valence-electron chi connectivity index (χ4n) is 1.15. The highest BCUT2D eigenvalue weighted by Crippen LogP contribution is 1.88. The van der Waals surface area contributed by atoms with Gasteiger partial charge in [0.05, 0.1) is 24.0 Å². The predicted molar refractivity (Wildman–Crippen MR) is 62.7 cm³/mol. The smallest absolute Gasteiger partial charge is 0.0923 e. The molecule has 0 spiro atoms. The van der Waals surface area contributed by atoms with Crippen LogP contribution in [0.5, 0.6) is 0 Å². The molecule has 0 unspecified atom stereocenters. The molecule has 6 nitrogen and oxygen atoms in total. The molecule has 0 aliphatic heterocycles. The van der Waals surface area contributed by atoms with Gasteiger partial charge in [-0.15, -0.1) is 0 Å². The summed E-state index contributed by atoms with van der Waals surface area (Å²) in [7, 11) is 0. The van der Waals surface area contributed by atoms with Crippen molar-refractivity contribution in [1.82, 2.24) is 19.9 Å². The number of nitrogens with zero attached hydrogens (tertiary/aromatic N) is 2. The Labute approximate surface area is 94.5 Å². The van der Waals surface area contributed by atoms with Gasteiger partial charge in [0.1, 0.15) is 0 Å². The monoisotopic (exact) mass is 222 g/mol. The molecule has 6 heteroatoms. The Balaban J connectivity index is 0.000000160. The molecule has 88 valence electrons. The normalized spacial score (nSPS) is 9.62. The quantitative estimate of drug-likeness (QED) is 0.575. The van der Waals surface area contributed by atoms with Crippen LogP contribution in [0.25, 0.3) is 0 Å². The molecule has 2 aromatic rings. The second-order valence-electron chi connectivity index (χ2n) is 3.20. The number of imidazole rings is 2. The van der Waals surface area contributed by atoms with Gasteiger partial charge >= 0.3 is 0 Å². The third-order valence-electron chi connectivity index (χ3n) is 1.91. The van der Waals surface area contributed by atoms with E-state index in [1.54, 1.807) is 12.7 Å². The average molecular weight is 222 g/mol. The summed E-state index contributed by atoms with van der Waals surface area (Å²) in [6.45, 7) is 1.34. The Hall–Kier alpha value is -1.66. The summed E-state index contributed by atoms with van der Waals surface area (Å²) in [5.41, 5.74) is 12.6. The summed E-state index contributed by atoms with van der Waals surface area (Å²) in [6.07, 6.45) is 8.75. The first kappa shape index (κ1) is 12.4. The molecule has 2 rings (SSSR count). The highest BCUT2D eigenvalue weighted by atomic mass is 14.9. The number of H-pyrrole nitrogens is 2. The third kappa shape index (κ3) is 4.72. The standard InChI is InChI=1S/2C5H9N3/c2*6-2-1-5-3-7-4-8-5/h2*3-4H,1-2,6H2,(H,7,8). The molecule has 0 atom stereocenters. The molecule has 0 aliphatic rings. The van der Waals surface area contributed by atoms with Crippen molar-refractivity contribution >= 4 is 0 Å². The molecule has 0 saturated heterocycles. The zero-order valence-corrected chi connectivity index (χ0v) is 9.19. The van der Waals surface area contributed by atoms with Gasteiger partial charge in [0, 0.05) is 25.2 Å². The van der Waals surface area contributed by atoms with Crippen molar-refractivity contribution in [3.05, 3.63) is 36.4 Å². The van der Waals surface area contributed by atoms with Gasteiger partial charge in [0.15, 0.2) is 0 Å². The van der Waals surface area contributed by atoms with E-state index in [0.717, 1.165) is 24.2 Å². The largest absolute Gasteiger partial charge is 0.351 e. The van der Waals surface area contributed by atoms with Crippen molar-refractivity contribution in [2.45, 2.75) is 12.8 Å². The van der Waals surface area contributed by atoms with E-state index in [1.165, 1.54) is 0 Å². The number of rotatable bonds is 4. The van der Waals surface area contributed by atoms with Crippen LogP contribution in [0.1, 0.15) is 11.4 Å². The third-order valence-corrected chi connectivity index (χ3v) is 1.91. The van der Waals surface area contributed by atoms with Gasteiger partial charge in [0.2, 0.25) is 0 Å². The van der Waals surface area contributed by atoms with Gasteiger partial charge in [-0.1, -0.05) is 0 Å². The number of aromatic nitrogens is 4. The van der Waals surface area contributed by atoms with E-state index in [1.807, 2.05) is 12.4 Å². The first-order valence-corrected chi connectivity index (χ1v) is 5.22. The summed E-state index contributed by atoms with van der Waals surface area (Å²) in [5, 5.41) is 0. The topological polar surface area (TPSA) is 109 Å². The van der Waals surface area contributed by atoms with Gasteiger partial charge < -0.3 is 21.4 Å². The molecule has 6 N–H and O–H groups in total. The summed E-state index contributed by atoms with van der Waals surface area (Å²) in [6, 6.07) is 0. The van der Waals surface area contributed by atoms with Crippen molar-refractivity contribution in [1.29, 1.82) is 0 Å². The van der Waals surface area contributed by atoms with Crippen molar-refractivity contribution in [2.75, 3.05) is 13.1 Å². The van der Waals surface area contributed by atoms with Crippen molar-refractivity contribution in [3.8, 4) is 0 Å². The van der Waals surface area contributed by atoms with Crippen LogP contribution in [0.4, 0.5) is 0 Å². The van der Waals surface area contributed by atoms with Crippen LogP contribution < -0.4 is 11.5 Å². The first-order valence-electron chi connectivity index (χ1n) is 5.22. The van der Waals surface area contributed by atoms with Crippen LogP contribution in [0, 0.1) is 0 Å². The molecule has 2 aromatic heterocycles. The minimum atomic E-state index is 0.671. The molecule has 0 bridgehead atoms. The molecule has 0 amide bonds. The molecule has 2 heterocycles. The summed E-state index contributed by atoms with van der Waals surface area (Å²) in [4.78, 5) is 13.6.